The van der Waals surface area contributed by atoms with E-state index in [0.29, 0.717) is 6.04 Å². The Bertz CT molecular complexity index is 752. The number of carbonyl (C=O) groups is 1. The van der Waals surface area contributed by atoms with Gasteiger partial charge in [0.25, 0.3) is 0 Å². The lowest BCUT2D eigenvalue weighted by Crippen LogP contribution is -2.33. The second kappa shape index (κ2) is 6.59. The molecule has 0 unspecified atom stereocenters. The monoisotopic (exact) mass is 324 g/mol. The summed E-state index contributed by atoms with van der Waals surface area (Å²) in [7, 11) is 0. The molecule has 0 amide bonds. The van der Waals surface area contributed by atoms with Crippen LogP contribution in [0.25, 0.3) is 0 Å². The van der Waals surface area contributed by atoms with Crippen molar-refractivity contribution >= 4 is 34.1 Å². The molecule has 0 saturated heterocycles. The Hall–Kier alpha value is -2.07. The molecule has 0 aromatic heterocycles. The van der Waals surface area contributed by atoms with E-state index in [4.69, 9.17) is 4.99 Å². The lowest BCUT2D eigenvalue weighted by Gasteiger charge is -2.25. The lowest BCUT2D eigenvalue weighted by atomic mass is 10.1. The summed E-state index contributed by atoms with van der Waals surface area (Å²) in [5.74, 6) is 0.0766. The van der Waals surface area contributed by atoms with Crippen LogP contribution in [0, 0.1) is 0 Å². The third-order valence-electron chi connectivity index (χ3n) is 4.09. The van der Waals surface area contributed by atoms with Gasteiger partial charge in [-0.1, -0.05) is 30.0 Å². The van der Waals surface area contributed by atoms with E-state index in [9.17, 15) is 4.79 Å². The van der Waals surface area contributed by atoms with E-state index in [2.05, 4.69) is 42.3 Å². The molecule has 0 N–H and O–H groups in total. The molecule has 0 spiro atoms. The topological polar surface area (TPSA) is 32.7 Å². The fourth-order valence-corrected chi connectivity index (χ4v) is 3.61. The maximum absolute atomic E-state index is 11.4. The quantitative estimate of drug-likeness (QED) is 0.456. The minimum absolute atomic E-state index is 0.0766. The van der Waals surface area contributed by atoms with Gasteiger partial charge in [-0.2, -0.15) is 0 Å². The third-order valence-corrected chi connectivity index (χ3v) is 4.75. The van der Waals surface area contributed by atoms with Crippen molar-refractivity contribution in [3.05, 3.63) is 59.7 Å². The van der Waals surface area contributed by atoms with Gasteiger partial charge in [-0.15, -0.1) is 0 Å². The number of rotatable bonds is 2. The van der Waals surface area contributed by atoms with E-state index in [-0.39, 0.29) is 5.78 Å². The molecule has 0 bridgehead atoms. The number of hydrogen-bond acceptors (Lipinski definition) is 3. The standard InChI is InChI=1S/C19H20N2OS/c1-13-12-16-6-4-5-7-18(16)21(13)19(23-3)20-17-10-8-15(9-11-17)14(2)22/h4-11,13H,12H2,1-3H3/t13-/m0/s1. The molecule has 0 fully saturated rings. The highest BCUT2D eigenvalue weighted by Gasteiger charge is 2.28. The molecular formula is C19H20N2OS. The van der Waals surface area contributed by atoms with Crippen molar-refractivity contribution < 1.29 is 4.79 Å². The van der Waals surface area contributed by atoms with Crippen LogP contribution >= 0.6 is 11.8 Å². The van der Waals surface area contributed by atoms with E-state index < -0.39 is 0 Å². The zero-order valence-electron chi connectivity index (χ0n) is 13.6. The van der Waals surface area contributed by atoms with Crippen LogP contribution in [0.3, 0.4) is 0 Å². The summed E-state index contributed by atoms with van der Waals surface area (Å²) in [6, 6.07) is 16.4. The Morgan fingerprint density at radius 1 is 1.17 bits per heavy atom. The predicted octanol–water partition coefficient (Wildman–Crippen LogP) is 4.69. The van der Waals surface area contributed by atoms with Gasteiger partial charge in [0.1, 0.15) is 0 Å². The SMILES string of the molecule is CSC(=Nc1ccc(C(C)=O)cc1)N1c2ccccc2C[C@@H]1C. The molecule has 4 heteroatoms. The molecule has 1 aliphatic rings. The molecule has 2 aromatic rings. The summed E-state index contributed by atoms with van der Waals surface area (Å²) in [6.45, 7) is 3.80. The van der Waals surface area contributed by atoms with Gasteiger partial charge in [-0.25, -0.2) is 4.99 Å². The Labute approximate surface area is 141 Å². The van der Waals surface area contributed by atoms with Crippen molar-refractivity contribution in [2.24, 2.45) is 4.99 Å². The van der Waals surface area contributed by atoms with Gasteiger partial charge in [0.2, 0.25) is 0 Å². The Morgan fingerprint density at radius 2 is 1.87 bits per heavy atom. The first-order valence-corrected chi connectivity index (χ1v) is 8.93. The number of ketones is 1. The zero-order valence-corrected chi connectivity index (χ0v) is 14.4. The van der Waals surface area contributed by atoms with Gasteiger partial charge < -0.3 is 4.90 Å². The number of thioether (sulfide) groups is 1. The van der Waals surface area contributed by atoms with Gasteiger partial charge in [-0.3, -0.25) is 4.79 Å². The van der Waals surface area contributed by atoms with E-state index >= 15 is 0 Å². The Morgan fingerprint density at radius 3 is 2.52 bits per heavy atom. The lowest BCUT2D eigenvalue weighted by molar-refractivity contribution is 0.101. The molecule has 3 nitrogen and oxygen atoms in total. The maximum atomic E-state index is 11.4. The number of Topliss-reactive ketones (excluding diaryl/α,β-unsaturated/α-hetero) is 1. The first kappa shape index (κ1) is 15.8. The Kier molecular flexibility index (Phi) is 4.53. The van der Waals surface area contributed by atoms with Crippen molar-refractivity contribution in [3.63, 3.8) is 0 Å². The molecule has 23 heavy (non-hydrogen) atoms. The van der Waals surface area contributed by atoms with Crippen LogP contribution in [-0.4, -0.2) is 23.2 Å². The fraction of sp³-hybridized carbons (Fsp3) is 0.263. The highest BCUT2D eigenvalue weighted by molar-refractivity contribution is 8.13. The van der Waals surface area contributed by atoms with Gasteiger partial charge in [0.05, 0.1) is 5.69 Å². The van der Waals surface area contributed by atoms with Crippen molar-refractivity contribution in [2.45, 2.75) is 26.3 Å². The molecule has 0 aliphatic carbocycles. The number of fused-ring (bicyclic) bond motifs is 1. The molecule has 1 atom stereocenters. The summed E-state index contributed by atoms with van der Waals surface area (Å²) in [5, 5.41) is 0.984. The van der Waals surface area contributed by atoms with Crippen LogP contribution in [0.2, 0.25) is 0 Å². The molecule has 0 radical (unpaired) electrons. The van der Waals surface area contributed by atoms with Gasteiger partial charge in [0.15, 0.2) is 11.0 Å². The van der Waals surface area contributed by atoms with Crippen LogP contribution < -0.4 is 4.90 Å². The maximum Gasteiger partial charge on any atom is 0.168 e. The van der Waals surface area contributed by atoms with Crippen molar-refractivity contribution in [1.29, 1.82) is 0 Å². The number of nitrogens with zero attached hydrogens (tertiary/aromatic N) is 2. The van der Waals surface area contributed by atoms with E-state index in [1.165, 1.54) is 11.3 Å². The smallest absolute Gasteiger partial charge is 0.168 e. The fourth-order valence-electron chi connectivity index (χ4n) is 2.94. The molecule has 2 aromatic carbocycles. The predicted molar refractivity (Wildman–Crippen MR) is 99.1 cm³/mol. The second-order valence-corrected chi connectivity index (χ2v) is 6.53. The number of amidine groups is 1. The van der Waals surface area contributed by atoms with E-state index in [0.717, 1.165) is 22.8 Å². The molecular weight excluding hydrogens is 304 g/mol. The highest BCUT2D eigenvalue weighted by Crippen LogP contribution is 2.34. The van der Waals surface area contributed by atoms with Crippen molar-refractivity contribution in [1.82, 2.24) is 0 Å². The highest BCUT2D eigenvalue weighted by atomic mass is 32.2. The summed E-state index contributed by atoms with van der Waals surface area (Å²) in [5.41, 5.74) is 4.20. The zero-order chi connectivity index (χ0) is 16.4. The summed E-state index contributed by atoms with van der Waals surface area (Å²) >= 11 is 1.65. The van der Waals surface area contributed by atoms with Gasteiger partial charge in [-0.05, 0) is 62.4 Å². The minimum atomic E-state index is 0.0766. The average molecular weight is 324 g/mol. The van der Waals surface area contributed by atoms with Crippen LogP contribution in [0.5, 0.6) is 0 Å². The first-order valence-electron chi connectivity index (χ1n) is 7.71. The number of hydrogen-bond donors (Lipinski definition) is 0. The van der Waals surface area contributed by atoms with Gasteiger partial charge in [0, 0.05) is 17.3 Å². The van der Waals surface area contributed by atoms with Crippen LogP contribution in [-0.2, 0) is 6.42 Å². The molecule has 118 valence electrons. The number of carbonyl (C=O) groups excluding carboxylic acids is 1. The van der Waals surface area contributed by atoms with Crippen LogP contribution in [0.4, 0.5) is 11.4 Å². The van der Waals surface area contributed by atoms with Crippen LogP contribution in [0.15, 0.2) is 53.5 Å². The molecule has 1 heterocycles. The normalized spacial score (nSPS) is 17.3. The molecule has 3 rings (SSSR count). The average Bonchev–Trinajstić information content (AvgIpc) is 2.89. The van der Waals surface area contributed by atoms with Gasteiger partial charge >= 0.3 is 0 Å². The van der Waals surface area contributed by atoms with E-state index in [1.54, 1.807) is 18.7 Å². The second-order valence-electron chi connectivity index (χ2n) is 5.75. The number of aliphatic imine (C=N–C) groups is 1. The summed E-state index contributed by atoms with van der Waals surface area (Å²) in [4.78, 5) is 18.5. The number of anilines is 1. The van der Waals surface area contributed by atoms with Crippen molar-refractivity contribution in [3.8, 4) is 0 Å². The number of benzene rings is 2. The molecule has 0 saturated carbocycles. The van der Waals surface area contributed by atoms with Crippen LogP contribution in [0.1, 0.15) is 29.8 Å². The van der Waals surface area contributed by atoms with E-state index in [1.807, 2.05) is 24.3 Å². The summed E-state index contributed by atoms with van der Waals surface area (Å²) in [6.07, 6.45) is 3.09. The summed E-state index contributed by atoms with van der Waals surface area (Å²) < 4.78 is 0. The minimum Gasteiger partial charge on any atom is -0.318 e. The largest absolute Gasteiger partial charge is 0.318 e. The third kappa shape index (κ3) is 3.17. The molecule has 1 aliphatic heterocycles. The number of para-hydroxylation sites is 1. The Balaban J connectivity index is 1.94. The first-order chi connectivity index (χ1) is 11.1. The van der Waals surface area contributed by atoms with Crippen molar-refractivity contribution in [2.75, 3.05) is 11.2 Å².